The maximum atomic E-state index is 14.0. The van der Waals surface area contributed by atoms with Crippen molar-refractivity contribution in [3.63, 3.8) is 0 Å². The molecule has 0 saturated carbocycles. The molecule has 2 N–H and O–H groups in total. The fourth-order valence-electron chi connectivity index (χ4n) is 2.55. The largest absolute Gasteiger partial charge is 0.496 e. The van der Waals surface area contributed by atoms with Gasteiger partial charge in [0.2, 0.25) is 0 Å². The summed E-state index contributed by atoms with van der Waals surface area (Å²) in [6.07, 6.45) is 0.593. The Labute approximate surface area is 119 Å². The van der Waals surface area contributed by atoms with Gasteiger partial charge < -0.3 is 10.5 Å². The van der Waals surface area contributed by atoms with Crippen LogP contribution in [0.2, 0.25) is 0 Å². The van der Waals surface area contributed by atoms with Crippen molar-refractivity contribution in [2.24, 2.45) is 5.73 Å². The minimum Gasteiger partial charge on any atom is -0.496 e. The molecule has 0 aromatic heterocycles. The third-order valence-corrected chi connectivity index (χ3v) is 3.67. The second-order valence-corrected chi connectivity index (χ2v) is 5.04. The Morgan fingerprint density at radius 2 is 1.70 bits per heavy atom. The van der Waals surface area contributed by atoms with Gasteiger partial charge in [-0.25, -0.2) is 4.39 Å². The van der Waals surface area contributed by atoms with Gasteiger partial charge in [-0.15, -0.1) is 0 Å². The van der Waals surface area contributed by atoms with Crippen LogP contribution in [-0.4, -0.2) is 7.11 Å². The SMILES string of the molecule is COc1cccc(F)c1C(N)Cc1c(C)cccc1C. The van der Waals surface area contributed by atoms with Crippen molar-refractivity contribution < 1.29 is 9.13 Å². The fourth-order valence-corrected chi connectivity index (χ4v) is 2.55. The normalized spacial score (nSPS) is 12.2. The number of nitrogens with two attached hydrogens (primary N) is 1. The van der Waals surface area contributed by atoms with Gasteiger partial charge in [-0.05, 0) is 49.1 Å². The van der Waals surface area contributed by atoms with Crippen LogP contribution in [-0.2, 0) is 6.42 Å². The van der Waals surface area contributed by atoms with Gasteiger partial charge in [-0.3, -0.25) is 0 Å². The second kappa shape index (κ2) is 6.06. The first-order valence-corrected chi connectivity index (χ1v) is 6.67. The van der Waals surface area contributed by atoms with Crippen molar-refractivity contribution >= 4 is 0 Å². The average Bonchev–Trinajstić information content (AvgIpc) is 2.42. The zero-order chi connectivity index (χ0) is 14.7. The summed E-state index contributed by atoms with van der Waals surface area (Å²) >= 11 is 0. The van der Waals surface area contributed by atoms with Gasteiger partial charge >= 0.3 is 0 Å². The lowest BCUT2D eigenvalue weighted by Crippen LogP contribution is -2.17. The van der Waals surface area contributed by atoms with Crippen LogP contribution in [0.15, 0.2) is 36.4 Å². The predicted octanol–water partition coefficient (Wildman–Crippen LogP) is 3.69. The summed E-state index contributed by atoms with van der Waals surface area (Å²) < 4.78 is 19.3. The Balaban J connectivity index is 2.36. The Morgan fingerprint density at radius 3 is 2.30 bits per heavy atom. The molecule has 2 aromatic carbocycles. The number of aryl methyl sites for hydroxylation is 2. The molecule has 0 bridgehead atoms. The lowest BCUT2D eigenvalue weighted by atomic mass is 9.93. The summed E-state index contributed by atoms with van der Waals surface area (Å²) in [5.74, 6) is 0.187. The third-order valence-electron chi connectivity index (χ3n) is 3.67. The molecule has 1 unspecified atom stereocenters. The van der Waals surface area contributed by atoms with E-state index in [2.05, 4.69) is 0 Å². The number of rotatable bonds is 4. The van der Waals surface area contributed by atoms with E-state index in [0.717, 1.165) is 0 Å². The summed E-state index contributed by atoms with van der Waals surface area (Å²) in [6.45, 7) is 4.10. The molecule has 3 heteroatoms. The van der Waals surface area contributed by atoms with Gasteiger partial charge in [0.15, 0.2) is 0 Å². The monoisotopic (exact) mass is 273 g/mol. The van der Waals surface area contributed by atoms with E-state index in [9.17, 15) is 4.39 Å². The molecule has 0 fully saturated rings. The molecule has 2 aromatic rings. The quantitative estimate of drug-likeness (QED) is 0.922. The van der Waals surface area contributed by atoms with E-state index in [1.54, 1.807) is 12.1 Å². The molecule has 0 amide bonds. The van der Waals surface area contributed by atoms with Gasteiger partial charge in [-0.2, -0.15) is 0 Å². The first kappa shape index (κ1) is 14.5. The lowest BCUT2D eigenvalue weighted by molar-refractivity contribution is 0.398. The molecule has 106 valence electrons. The second-order valence-electron chi connectivity index (χ2n) is 5.04. The van der Waals surface area contributed by atoms with Crippen molar-refractivity contribution in [1.82, 2.24) is 0 Å². The van der Waals surface area contributed by atoms with Crippen molar-refractivity contribution in [2.75, 3.05) is 7.11 Å². The Morgan fingerprint density at radius 1 is 1.10 bits per heavy atom. The predicted molar refractivity (Wildman–Crippen MR) is 79.5 cm³/mol. The van der Waals surface area contributed by atoms with Crippen molar-refractivity contribution in [3.05, 3.63) is 64.5 Å². The Hall–Kier alpha value is -1.87. The van der Waals surface area contributed by atoms with Crippen molar-refractivity contribution in [1.29, 1.82) is 0 Å². The van der Waals surface area contributed by atoms with Crippen LogP contribution in [0.4, 0.5) is 4.39 Å². The van der Waals surface area contributed by atoms with Crippen LogP contribution >= 0.6 is 0 Å². The molecule has 0 aliphatic carbocycles. The Kier molecular flexibility index (Phi) is 4.40. The summed E-state index contributed by atoms with van der Waals surface area (Å²) in [7, 11) is 1.53. The number of hydrogen-bond donors (Lipinski definition) is 1. The maximum absolute atomic E-state index is 14.0. The van der Waals surface area contributed by atoms with Crippen molar-refractivity contribution in [3.8, 4) is 5.75 Å². The molecular formula is C17H20FNO. The molecule has 0 heterocycles. The topological polar surface area (TPSA) is 35.2 Å². The van der Waals surface area contributed by atoms with Gasteiger partial charge in [0.25, 0.3) is 0 Å². The number of hydrogen-bond acceptors (Lipinski definition) is 2. The lowest BCUT2D eigenvalue weighted by Gasteiger charge is -2.19. The smallest absolute Gasteiger partial charge is 0.131 e. The summed E-state index contributed by atoms with van der Waals surface area (Å²) in [4.78, 5) is 0. The average molecular weight is 273 g/mol. The molecule has 0 saturated heterocycles. The Bertz CT molecular complexity index is 590. The molecule has 0 aliphatic rings. The van der Waals surface area contributed by atoms with E-state index >= 15 is 0 Å². The van der Waals surface area contributed by atoms with E-state index < -0.39 is 6.04 Å². The zero-order valence-corrected chi connectivity index (χ0v) is 12.1. The van der Waals surface area contributed by atoms with Gasteiger partial charge in [0.1, 0.15) is 11.6 Å². The van der Waals surface area contributed by atoms with Crippen LogP contribution in [0.25, 0.3) is 0 Å². The number of halogens is 1. The molecule has 0 spiro atoms. The van der Waals surface area contributed by atoms with Gasteiger partial charge in [0, 0.05) is 11.6 Å². The van der Waals surface area contributed by atoms with Crippen LogP contribution in [0, 0.1) is 19.7 Å². The third kappa shape index (κ3) is 2.83. The van der Waals surface area contributed by atoms with Crippen LogP contribution in [0.1, 0.15) is 28.3 Å². The first-order valence-electron chi connectivity index (χ1n) is 6.67. The summed E-state index contributed by atoms with van der Waals surface area (Å²) in [5.41, 5.74) is 10.2. The molecular weight excluding hydrogens is 253 g/mol. The number of ether oxygens (including phenoxy) is 1. The van der Waals surface area contributed by atoms with E-state index in [1.807, 2.05) is 32.0 Å². The standard InChI is InChI=1S/C17H20FNO/c1-11-6-4-7-12(2)13(11)10-15(19)17-14(18)8-5-9-16(17)20-3/h4-9,15H,10,19H2,1-3H3. The molecule has 2 nitrogen and oxygen atoms in total. The van der Waals surface area contributed by atoms with E-state index in [1.165, 1.54) is 29.9 Å². The number of benzene rings is 2. The fraction of sp³-hybridized carbons (Fsp3) is 0.294. The highest BCUT2D eigenvalue weighted by molar-refractivity contribution is 5.40. The van der Waals surface area contributed by atoms with Gasteiger partial charge in [0.05, 0.1) is 7.11 Å². The maximum Gasteiger partial charge on any atom is 0.131 e. The first-order chi connectivity index (χ1) is 9.54. The van der Waals surface area contributed by atoms with E-state index in [0.29, 0.717) is 17.7 Å². The highest BCUT2D eigenvalue weighted by atomic mass is 19.1. The molecule has 20 heavy (non-hydrogen) atoms. The van der Waals surface area contributed by atoms with E-state index in [4.69, 9.17) is 10.5 Å². The molecule has 0 radical (unpaired) electrons. The summed E-state index contributed by atoms with van der Waals surface area (Å²) in [6, 6.07) is 10.5. The zero-order valence-electron chi connectivity index (χ0n) is 12.1. The van der Waals surface area contributed by atoms with Crippen LogP contribution in [0.5, 0.6) is 5.75 Å². The molecule has 0 aliphatic heterocycles. The highest BCUT2D eigenvalue weighted by Gasteiger charge is 2.18. The number of methoxy groups -OCH3 is 1. The van der Waals surface area contributed by atoms with Gasteiger partial charge in [-0.1, -0.05) is 24.3 Å². The molecule has 2 rings (SSSR count). The summed E-state index contributed by atoms with van der Waals surface area (Å²) in [5, 5.41) is 0. The van der Waals surface area contributed by atoms with Crippen molar-refractivity contribution in [2.45, 2.75) is 26.3 Å². The van der Waals surface area contributed by atoms with E-state index in [-0.39, 0.29) is 5.82 Å². The minimum atomic E-state index is -0.425. The minimum absolute atomic E-state index is 0.317. The van der Waals surface area contributed by atoms with Crippen LogP contribution < -0.4 is 10.5 Å². The molecule has 1 atom stereocenters. The highest BCUT2D eigenvalue weighted by Crippen LogP contribution is 2.30. The van der Waals surface area contributed by atoms with Crippen LogP contribution in [0.3, 0.4) is 0 Å².